The lowest BCUT2D eigenvalue weighted by Crippen LogP contribution is -2.06. The fourth-order valence-corrected chi connectivity index (χ4v) is 5.19. The predicted molar refractivity (Wildman–Crippen MR) is 131 cm³/mol. The first-order chi connectivity index (χ1) is 16.3. The molecule has 0 saturated heterocycles. The molecular weight excluding hydrogens is 456 g/mol. The van der Waals surface area contributed by atoms with Gasteiger partial charge in [-0.1, -0.05) is 60.7 Å². The first-order valence-electron chi connectivity index (χ1n) is 9.97. The average molecular weight is 474 g/mol. The number of anilines is 2. The van der Waals surface area contributed by atoms with E-state index in [-0.39, 0.29) is 43.7 Å². The predicted octanol–water partition coefficient (Wildman–Crippen LogP) is 5.17. The number of nitrogens with two attached hydrogens (primary N) is 2. The van der Waals surface area contributed by atoms with E-state index >= 15 is 0 Å². The summed E-state index contributed by atoms with van der Waals surface area (Å²) in [6.07, 6.45) is 0. The number of nitro benzene ring substituents is 2. The third-order valence-corrected chi connectivity index (χ3v) is 6.71. The zero-order valence-corrected chi connectivity index (χ0v) is 18.4. The molecule has 9 nitrogen and oxygen atoms in total. The van der Waals surface area contributed by atoms with Gasteiger partial charge in [0.25, 0.3) is 0 Å². The first-order valence-corrected chi connectivity index (χ1v) is 11.1. The van der Waals surface area contributed by atoms with Crippen molar-refractivity contribution in [2.24, 2.45) is 0 Å². The number of nitro groups is 2. The van der Waals surface area contributed by atoms with Crippen LogP contribution in [0.1, 0.15) is 0 Å². The molecule has 4 N–H and O–H groups in total. The molecule has 0 aliphatic heterocycles. The Morgan fingerprint density at radius 2 is 0.941 bits per heavy atom. The standard InChI is InChI=1S/C24H18N4O5S/c25-17-11-13-19(21(23(17)27(29)30)15-7-3-1-4-8-15)34(33)20-14-12-18(26)24(28(31)32)22(20)16-9-5-2-6-10-16/h1-14H,25-26H2. The normalized spacial score (nSPS) is 10.9. The molecule has 0 unspecified atom stereocenters. The number of nitrogens with zero attached hydrogens (tertiary/aromatic N) is 2. The lowest BCUT2D eigenvalue weighted by Gasteiger charge is -2.15. The second kappa shape index (κ2) is 9.12. The van der Waals surface area contributed by atoms with Gasteiger partial charge in [0, 0.05) is 0 Å². The fourth-order valence-electron chi connectivity index (χ4n) is 3.77. The third-order valence-electron chi connectivity index (χ3n) is 5.23. The molecule has 0 aliphatic carbocycles. The fraction of sp³-hybridized carbons (Fsp3) is 0. The van der Waals surface area contributed by atoms with Crippen LogP contribution in [-0.4, -0.2) is 14.1 Å². The zero-order valence-electron chi connectivity index (χ0n) is 17.6. The van der Waals surface area contributed by atoms with Crippen LogP contribution in [0.5, 0.6) is 0 Å². The molecule has 0 saturated carbocycles. The molecular formula is C24H18N4O5S. The molecule has 34 heavy (non-hydrogen) atoms. The van der Waals surface area contributed by atoms with Crippen molar-refractivity contribution in [3.05, 3.63) is 105 Å². The van der Waals surface area contributed by atoms with Gasteiger partial charge in [-0.25, -0.2) is 4.21 Å². The molecule has 0 radical (unpaired) electrons. The summed E-state index contributed by atoms with van der Waals surface area (Å²) in [7, 11) is -2.06. The van der Waals surface area contributed by atoms with Gasteiger partial charge >= 0.3 is 11.4 Å². The van der Waals surface area contributed by atoms with E-state index in [1.54, 1.807) is 60.7 Å². The van der Waals surface area contributed by atoms with Crippen molar-refractivity contribution in [1.29, 1.82) is 0 Å². The minimum Gasteiger partial charge on any atom is -0.393 e. The second-order valence-corrected chi connectivity index (χ2v) is 8.69. The summed E-state index contributed by atoms with van der Waals surface area (Å²) in [6.45, 7) is 0. The Bertz CT molecular complexity index is 1330. The molecule has 0 fully saturated rings. The van der Waals surface area contributed by atoms with Gasteiger partial charge in [-0.15, -0.1) is 0 Å². The van der Waals surface area contributed by atoms with Gasteiger partial charge in [0.15, 0.2) is 0 Å². The molecule has 10 heteroatoms. The number of nitrogen functional groups attached to an aromatic ring is 2. The van der Waals surface area contributed by atoms with E-state index < -0.39 is 20.6 Å². The molecule has 0 heterocycles. The van der Waals surface area contributed by atoms with Crippen molar-refractivity contribution in [3.8, 4) is 22.3 Å². The maximum Gasteiger partial charge on any atom is 0.301 e. The van der Waals surface area contributed by atoms with E-state index in [1.165, 1.54) is 24.3 Å². The van der Waals surface area contributed by atoms with Crippen LogP contribution in [0.15, 0.2) is 94.7 Å². The van der Waals surface area contributed by atoms with Gasteiger partial charge in [0.1, 0.15) is 11.4 Å². The summed E-state index contributed by atoms with van der Waals surface area (Å²) in [5.41, 5.74) is 12.0. The van der Waals surface area contributed by atoms with E-state index in [9.17, 15) is 24.4 Å². The average Bonchev–Trinajstić information content (AvgIpc) is 2.83. The molecule has 4 aromatic carbocycles. The van der Waals surface area contributed by atoms with Crippen LogP contribution in [0.4, 0.5) is 22.7 Å². The van der Waals surface area contributed by atoms with E-state index in [2.05, 4.69) is 0 Å². The summed E-state index contributed by atoms with van der Waals surface area (Å²) >= 11 is 0. The van der Waals surface area contributed by atoms with Gasteiger partial charge in [0.05, 0.1) is 41.6 Å². The van der Waals surface area contributed by atoms with Gasteiger partial charge < -0.3 is 11.5 Å². The van der Waals surface area contributed by atoms with Crippen molar-refractivity contribution >= 4 is 33.5 Å². The van der Waals surface area contributed by atoms with E-state index in [4.69, 9.17) is 11.5 Å². The molecule has 170 valence electrons. The lowest BCUT2D eigenvalue weighted by atomic mass is 10.0. The highest BCUT2D eigenvalue weighted by Crippen LogP contribution is 2.44. The topological polar surface area (TPSA) is 155 Å². The van der Waals surface area contributed by atoms with Crippen molar-refractivity contribution in [2.75, 3.05) is 11.5 Å². The summed E-state index contributed by atoms with van der Waals surface area (Å²) < 4.78 is 14.0. The van der Waals surface area contributed by atoms with E-state index in [0.717, 1.165) is 0 Å². The first kappa shape index (κ1) is 22.6. The molecule has 0 atom stereocenters. The monoisotopic (exact) mass is 474 g/mol. The van der Waals surface area contributed by atoms with E-state index in [0.29, 0.717) is 11.1 Å². The smallest absolute Gasteiger partial charge is 0.301 e. The zero-order chi connectivity index (χ0) is 24.4. The van der Waals surface area contributed by atoms with Crippen molar-refractivity contribution in [1.82, 2.24) is 0 Å². The highest BCUT2D eigenvalue weighted by molar-refractivity contribution is 7.85. The Hall–Kier alpha value is -4.57. The Labute approximate surface area is 196 Å². The second-order valence-electron chi connectivity index (χ2n) is 7.27. The number of hydrogen-bond donors (Lipinski definition) is 2. The molecule has 0 aliphatic rings. The van der Waals surface area contributed by atoms with Gasteiger partial charge in [0.2, 0.25) is 0 Å². The number of hydrogen-bond acceptors (Lipinski definition) is 7. The van der Waals surface area contributed by atoms with Crippen molar-refractivity contribution in [2.45, 2.75) is 9.79 Å². The van der Waals surface area contributed by atoms with Crippen LogP contribution >= 0.6 is 0 Å². The van der Waals surface area contributed by atoms with Crippen LogP contribution < -0.4 is 11.5 Å². The minimum absolute atomic E-state index is 0.0856. The summed E-state index contributed by atoms with van der Waals surface area (Å²) in [4.78, 5) is 22.8. The SMILES string of the molecule is Nc1ccc(S(=O)c2ccc(N)c([N+](=O)[O-])c2-c2ccccc2)c(-c2ccccc2)c1[N+](=O)[O-]. The Kier molecular flexibility index (Phi) is 6.07. The summed E-state index contributed by atoms with van der Waals surface area (Å²) in [5, 5.41) is 23.8. The van der Waals surface area contributed by atoms with Crippen molar-refractivity contribution in [3.63, 3.8) is 0 Å². The van der Waals surface area contributed by atoms with Gasteiger partial charge in [-0.2, -0.15) is 0 Å². The maximum absolute atomic E-state index is 14.0. The maximum atomic E-state index is 14.0. The van der Waals surface area contributed by atoms with Crippen LogP contribution in [0, 0.1) is 20.2 Å². The Morgan fingerprint density at radius 3 is 1.26 bits per heavy atom. The highest BCUT2D eigenvalue weighted by Gasteiger charge is 2.30. The quantitative estimate of drug-likeness (QED) is 0.222. The van der Waals surface area contributed by atoms with Gasteiger partial charge in [-0.3, -0.25) is 20.2 Å². The highest BCUT2D eigenvalue weighted by atomic mass is 32.2. The van der Waals surface area contributed by atoms with E-state index in [1.807, 2.05) is 0 Å². The number of rotatable bonds is 6. The summed E-state index contributed by atoms with van der Waals surface area (Å²) in [6, 6.07) is 22.3. The molecule has 0 spiro atoms. The minimum atomic E-state index is -2.06. The number of benzene rings is 4. The van der Waals surface area contributed by atoms with Crippen molar-refractivity contribution < 1.29 is 14.1 Å². The summed E-state index contributed by atoms with van der Waals surface area (Å²) in [5.74, 6) is 0. The Balaban J connectivity index is 2.06. The van der Waals surface area contributed by atoms with Crippen LogP contribution in [0.3, 0.4) is 0 Å². The lowest BCUT2D eigenvalue weighted by molar-refractivity contribution is -0.383. The molecule has 0 bridgehead atoms. The van der Waals surface area contributed by atoms with Gasteiger partial charge in [-0.05, 0) is 35.4 Å². The molecule has 0 aromatic heterocycles. The van der Waals surface area contributed by atoms with Crippen LogP contribution in [0.2, 0.25) is 0 Å². The van der Waals surface area contributed by atoms with Crippen LogP contribution in [0.25, 0.3) is 22.3 Å². The molecule has 4 aromatic rings. The largest absolute Gasteiger partial charge is 0.393 e. The third kappa shape index (κ3) is 3.97. The molecule has 0 amide bonds. The molecule has 4 rings (SSSR count). The Morgan fingerprint density at radius 1 is 0.588 bits per heavy atom. The van der Waals surface area contributed by atoms with Crippen LogP contribution in [-0.2, 0) is 10.8 Å².